The smallest absolute Gasteiger partial charge is 0.0474 e. The molecular formula is C14H32N2O. The maximum atomic E-state index is 5.09. The molecule has 104 valence electrons. The number of rotatable bonds is 10. The Morgan fingerprint density at radius 1 is 1.35 bits per heavy atom. The first-order chi connectivity index (χ1) is 7.93. The first kappa shape index (κ1) is 16.9. The Hall–Kier alpha value is -0.120. The van der Waals surface area contributed by atoms with E-state index in [4.69, 9.17) is 4.74 Å². The number of methoxy groups -OCH3 is 1. The topological polar surface area (TPSA) is 24.5 Å². The molecule has 0 heterocycles. The molecule has 0 aliphatic heterocycles. The molecule has 0 aliphatic rings. The summed E-state index contributed by atoms with van der Waals surface area (Å²) in [5.41, 5.74) is 0.367. The van der Waals surface area contributed by atoms with E-state index in [-0.39, 0.29) is 0 Å². The van der Waals surface area contributed by atoms with Crippen molar-refractivity contribution < 1.29 is 4.74 Å². The van der Waals surface area contributed by atoms with Crippen LogP contribution in [0.25, 0.3) is 0 Å². The first-order valence-electron chi connectivity index (χ1n) is 6.84. The average molecular weight is 244 g/mol. The van der Waals surface area contributed by atoms with Crippen molar-refractivity contribution in [1.82, 2.24) is 10.2 Å². The summed E-state index contributed by atoms with van der Waals surface area (Å²) in [6, 6.07) is 0.569. The van der Waals surface area contributed by atoms with Gasteiger partial charge in [-0.05, 0) is 25.3 Å². The van der Waals surface area contributed by atoms with Crippen LogP contribution in [0.5, 0.6) is 0 Å². The largest absolute Gasteiger partial charge is 0.385 e. The molecule has 0 fully saturated rings. The zero-order valence-electron chi connectivity index (χ0n) is 12.7. The van der Waals surface area contributed by atoms with Crippen LogP contribution in [0.3, 0.4) is 0 Å². The zero-order chi connectivity index (χ0) is 13.3. The number of nitrogens with one attached hydrogen (secondary N) is 1. The van der Waals surface area contributed by atoms with Gasteiger partial charge in [0.15, 0.2) is 0 Å². The Balaban J connectivity index is 3.98. The van der Waals surface area contributed by atoms with Crippen LogP contribution in [-0.4, -0.2) is 51.3 Å². The minimum atomic E-state index is 0.367. The van der Waals surface area contributed by atoms with Crippen molar-refractivity contribution in [1.29, 1.82) is 0 Å². The monoisotopic (exact) mass is 244 g/mol. The van der Waals surface area contributed by atoms with Gasteiger partial charge < -0.3 is 15.0 Å². The van der Waals surface area contributed by atoms with Gasteiger partial charge in [-0.1, -0.05) is 27.7 Å². The van der Waals surface area contributed by atoms with E-state index in [1.165, 1.54) is 6.42 Å². The van der Waals surface area contributed by atoms with Crippen LogP contribution in [0.15, 0.2) is 0 Å². The van der Waals surface area contributed by atoms with E-state index in [0.29, 0.717) is 11.5 Å². The van der Waals surface area contributed by atoms with Gasteiger partial charge in [0, 0.05) is 39.4 Å². The third-order valence-electron chi connectivity index (χ3n) is 3.33. The van der Waals surface area contributed by atoms with E-state index >= 15 is 0 Å². The molecule has 3 nitrogen and oxygen atoms in total. The maximum Gasteiger partial charge on any atom is 0.0474 e. The lowest BCUT2D eigenvalue weighted by Gasteiger charge is -2.34. The Bertz CT molecular complexity index is 185. The molecule has 0 spiro atoms. The summed E-state index contributed by atoms with van der Waals surface area (Å²) >= 11 is 0. The number of ether oxygens (including phenoxy) is 1. The molecule has 0 aromatic heterocycles. The Kier molecular flexibility index (Phi) is 8.83. The molecule has 0 aromatic rings. The van der Waals surface area contributed by atoms with Crippen LogP contribution in [0.1, 0.15) is 40.5 Å². The normalized spacial score (nSPS) is 15.5. The van der Waals surface area contributed by atoms with Gasteiger partial charge in [-0.2, -0.15) is 0 Å². The quantitative estimate of drug-likeness (QED) is 0.597. The summed E-state index contributed by atoms with van der Waals surface area (Å²) in [5.74, 6) is 0. The summed E-state index contributed by atoms with van der Waals surface area (Å²) in [4.78, 5) is 2.42. The number of nitrogens with zero attached hydrogens (tertiary/aromatic N) is 1. The van der Waals surface area contributed by atoms with E-state index in [1.807, 2.05) is 0 Å². The third kappa shape index (κ3) is 8.58. The lowest BCUT2D eigenvalue weighted by molar-refractivity contribution is 0.148. The molecule has 0 aromatic carbocycles. The Labute approximate surface area is 108 Å². The fourth-order valence-electron chi connectivity index (χ4n) is 1.95. The van der Waals surface area contributed by atoms with E-state index < -0.39 is 0 Å². The van der Waals surface area contributed by atoms with E-state index in [2.05, 4.69) is 45.0 Å². The summed E-state index contributed by atoms with van der Waals surface area (Å²) in [5, 5.41) is 3.56. The molecule has 0 bridgehead atoms. The second-order valence-electron chi connectivity index (χ2n) is 5.78. The van der Waals surface area contributed by atoms with Crippen LogP contribution in [0.4, 0.5) is 0 Å². The standard InChI is InChI=1S/C14H32N2O/c1-7-14(4,11-15-13(2)3)12-16(5)9-8-10-17-6/h13,15H,7-12H2,1-6H3. The predicted molar refractivity (Wildman–Crippen MR) is 75.5 cm³/mol. The van der Waals surface area contributed by atoms with Crippen LogP contribution in [0.2, 0.25) is 0 Å². The SMILES string of the molecule is CCC(C)(CNC(C)C)CN(C)CCCOC. The molecule has 0 amide bonds. The highest BCUT2D eigenvalue weighted by atomic mass is 16.5. The van der Waals surface area contributed by atoms with E-state index in [1.54, 1.807) is 7.11 Å². The van der Waals surface area contributed by atoms with Crippen molar-refractivity contribution in [3.05, 3.63) is 0 Å². The van der Waals surface area contributed by atoms with Crippen molar-refractivity contribution in [3.63, 3.8) is 0 Å². The fourth-order valence-corrected chi connectivity index (χ4v) is 1.95. The molecular weight excluding hydrogens is 212 g/mol. The van der Waals surface area contributed by atoms with Crippen LogP contribution >= 0.6 is 0 Å². The molecule has 0 saturated heterocycles. The van der Waals surface area contributed by atoms with Crippen LogP contribution in [-0.2, 0) is 4.74 Å². The first-order valence-corrected chi connectivity index (χ1v) is 6.84. The molecule has 3 heteroatoms. The van der Waals surface area contributed by atoms with Crippen molar-refractivity contribution >= 4 is 0 Å². The summed E-state index contributed by atoms with van der Waals surface area (Å²) in [6.07, 6.45) is 2.33. The molecule has 0 rings (SSSR count). The van der Waals surface area contributed by atoms with Gasteiger partial charge in [-0.3, -0.25) is 0 Å². The van der Waals surface area contributed by atoms with Crippen molar-refractivity contribution in [2.24, 2.45) is 5.41 Å². The Morgan fingerprint density at radius 2 is 2.00 bits per heavy atom. The van der Waals surface area contributed by atoms with Crippen LogP contribution in [0, 0.1) is 5.41 Å². The van der Waals surface area contributed by atoms with Gasteiger partial charge in [0.2, 0.25) is 0 Å². The predicted octanol–water partition coefficient (Wildman–Crippen LogP) is 2.37. The van der Waals surface area contributed by atoms with Gasteiger partial charge in [0.1, 0.15) is 0 Å². The lowest BCUT2D eigenvalue weighted by Crippen LogP contribution is -2.42. The fraction of sp³-hybridized carbons (Fsp3) is 1.00. The molecule has 0 saturated carbocycles. The second kappa shape index (κ2) is 8.90. The zero-order valence-corrected chi connectivity index (χ0v) is 12.7. The number of hydrogen-bond acceptors (Lipinski definition) is 3. The maximum absolute atomic E-state index is 5.09. The molecule has 1 atom stereocenters. The highest BCUT2D eigenvalue weighted by Crippen LogP contribution is 2.21. The molecule has 0 aliphatic carbocycles. The van der Waals surface area contributed by atoms with Gasteiger partial charge in [0.25, 0.3) is 0 Å². The van der Waals surface area contributed by atoms with Crippen molar-refractivity contribution in [3.8, 4) is 0 Å². The van der Waals surface area contributed by atoms with E-state index in [9.17, 15) is 0 Å². The van der Waals surface area contributed by atoms with Gasteiger partial charge in [-0.15, -0.1) is 0 Å². The third-order valence-corrected chi connectivity index (χ3v) is 3.33. The van der Waals surface area contributed by atoms with Gasteiger partial charge in [0.05, 0.1) is 0 Å². The molecule has 1 N–H and O–H groups in total. The van der Waals surface area contributed by atoms with Crippen molar-refractivity contribution in [2.75, 3.05) is 40.4 Å². The minimum absolute atomic E-state index is 0.367. The lowest BCUT2D eigenvalue weighted by atomic mass is 9.86. The number of hydrogen-bond donors (Lipinski definition) is 1. The van der Waals surface area contributed by atoms with E-state index in [0.717, 1.165) is 32.7 Å². The molecule has 0 radical (unpaired) electrons. The van der Waals surface area contributed by atoms with Gasteiger partial charge >= 0.3 is 0 Å². The van der Waals surface area contributed by atoms with Gasteiger partial charge in [-0.25, -0.2) is 0 Å². The highest BCUT2D eigenvalue weighted by molar-refractivity contribution is 4.79. The summed E-state index contributed by atoms with van der Waals surface area (Å²) < 4.78 is 5.09. The second-order valence-corrected chi connectivity index (χ2v) is 5.78. The molecule has 17 heavy (non-hydrogen) atoms. The summed E-state index contributed by atoms with van der Waals surface area (Å²) in [7, 11) is 3.97. The average Bonchev–Trinajstić information content (AvgIpc) is 2.27. The van der Waals surface area contributed by atoms with Crippen molar-refractivity contribution in [2.45, 2.75) is 46.6 Å². The highest BCUT2D eigenvalue weighted by Gasteiger charge is 2.23. The molecule has 1 unspecified atom stereocenters. The summed E-state index contributed by atoms with van der Waals surface area (Å²) in [6.45, 7) is 13.3. The minimum Gasteiger partial charge on any atom is -0.385 e. The Morgan fingerprint density at radius 3 is 2.47 bits per heavy atom. The van der Waals surface area contributed by atoms with Crippen LogP contribution < -0.4 is 5.32 Å².